The third kappa shape index (κ3) is 9.75. The molecule has 1 unspecified atom stereocenters. The SMILES string of the molecule is CCN(C)S(=O)(=O)Nc1ccc(F)c(C(=O)c2c[nH]c3ncc(-c4ccc(N5CCC(NC(=O)CN6CCC(c7ccc(NC8CCC(=O)NC8=O)cc7)CC6)CC5)nc4)cc23)c1F. The van der Waals surface area contributed by atoms with Crippen LogP contribution in [0.5, 0.6) is 0 Å². The summed E-state index contributed by atoms with van der Waals surface area (Å²) >= 11 is 0. The first-order valence-corrected chi connectivity index (χ1v) is 22.9. The van der Waals surface area contributed by atoms with Gasteiger partial charge in [-0.15, -0.1) is 0 Å². The lowest BCUT2D eigenvalue weighted by molar-refractivity contribution is -0.133. The number of benzene rings is 2. The third-order valence-electron chi connectivity index (χ3n) is 12.4. The van der Waals surface area contributed by atoms with Gasteiger partial charge in [-0.3, -0.25) is 34.1 Å². The molecule has 5 aromatic rings. The number of halogens is 2. The molecule has 336 valence electrons. The van der Waals surface area contributed by atoms with E-state index >= 15 is 8.78 Å². The van der Waals surface area contributed by atoms with Gasteiger partial charge in [0.1, 0.15) is 23.3 Å². The van der Waals surface area contributed by atoms with Gasteiger partial charge in [-0.1, -0.05) is 19.1 Å². The minimum atomic E-state index is -4.14. The number of fused-ring (bicyclic) bond motifs is 1. The van der Waals surface area contributed by atoms with E-state index in [-0.39, 0.29) is 35.9 Å². The molecule has 3 aliphatic rings. The van der Waals surface area contributed by atoms with Crippen LogP contribution in [0.3, 0.4) is 0 Å². The van der Waals surface area contributed by atoms with Gasteiger partial charge < -0.3 is 20.5 Å². The van der Waals surface area contributed by atoms with E-state index in [1.165, 1.54) is 18.8 Å². The molecule has 0 aliphatic carbocycles. The van der Waals surface area contributed by atoms with Crippen molar-refractivity contribution in [3.8, 4) is 11.1 Å². The van der Waals surface area contributed by atoms with Gasteiger partial charge in [0, 0.05) is 85.5 Å². The molecule has 0 spiro atoms. The monoisotopic (exact) mass is 896 g/mol. The van der Waals surface area contributed by atoms with Gasteiger partial charge in [0.05, 0.1) is 17.8 Å². The number of hydrogen-bond acceptors (Lipinski definition) is 11. The van der Waals surface area contributed by atoms with E-state index in [4.69, 9.17) is 4.98 Å². The lowest BCUT2D eigenvalue weighted by Crippen LogP contribution is -2.48. The molecule has 3 saturated heterocycles. The van der Waals surface area contributed by atoms with Crippen molar-refractivity contribution >= 4 is 61.9 Å². The van der Waals surface area contributed by atoms with E-state index < -0.39 is 44.9 Å². The number of nitrogens with zero attached hydrogens (tertiary/aromatic N) is 5. The number of pyridine rings is 2. The van der Waals surface area contributed by atoms with Crippen LogP contribution in [0.15, 0.2) is 73.2 Å². The highest BCUT2D eigenvalue weighted by Crippen LogP contribution is 2.32. The van der Waals surface area contributed by atoms with Crippen molar-refractivity contribution in [2.24, 2.45) is 0 Å². The molecule has 0 bridgehead atoms. The molecule has 8 rings (SSSR count). The molecule has 3 aliphatic heterocycles. The van der Waals surface area contributed by atoms with Crippen molar-refractivity contribution in [1.29, 1.82) is 0 Å². The summed E-state index contributed by atoms with van der Waals surface area (Å²) in [6.07, 6.45) is 8.84. The molecule has 0 saturated carbocycles. The Morgan fingerprint density at radius 2 is 1.64 bits per heavy atom. The molecule has 16 nitrogen and oxygen atoms in total. The van der Waals surface area contributed by atoms with Crippen molar-refractivity contribution < 1.29 is 36.4 Å². The van der Waals surface area contributed by atoms with Gasteiger partial charge in [-0.25, -0.2) is 18.7 Å². The van der Waals surface area contributed by atoms with Gasteiger partial charge in [0.2, 0.25) is 23.5 Å². The van der Waals surface area contributed by atoms with Gasteiger partial charge >= 0.3 is 10.2 Å². The lowest BCUT2D eigenvalue weighted by Gasteiger charge is -2.35. The molecule has 2 aromatic carbocycles. The Balaban J connectivity index is 0.813. The number of imide groups is 1. The standard InChI is InChI=1S/C45H50F2N10O6S/c1-3-55(2)64(62,63)54-36-10-9-35(46)41(42(36)47)43(60)34-25-50-44-33(34)22-30(24-49-44)29-6-12-38(48-23-29)57-20-16-32(17-21-57)52-40(59)26-56-18-14-28(15-19-56)27-4-7-31(8-5-27)51-37-11-13-39(58)53-45(37)61/h4-10,12,22-25,28,32,37,51,54H,3,11,13-21,26H2,1-2H3,(H,49,50)(H,52,59)(H,53,58,61). The van der Waals surface area contributed by atoms with Crippen molar-refractivity contribution in [2.75, 3.05) is 61.3 Å². The van der Waals surface area contributed by atoms with Gasteiger partial charge in [0.25, 0.3) is 0 Å². The molecule has 5 N–H and O–H groups in total. The predicted molar refractivity (Wildman–Crippen MR) is 238 cm³/mol. The topological polar surface area (TPSA) is 202 Å². The summed E-state index contributed by atoms with van der Waals surface area (Å²) in [6, 6.07) is 15.0. The Morgan fingerprint density at radius 3 is 2.33 bits per heavy atom. The Hall–Kier alpha value is -6.31. The number of ketones is 1. The number of likely N-dealkylation sites (tertiary alicyclic amines) is 1. The van der Waals surface area contributed by atoms with Crippen LogP contribution in [0, 0.1) is 11.6 Å². The summed E-state index contributed by atoms with van der Waals surface area (Å²) in [4.78, 5) is 66.7. The molecular weight excluding hydrogens is 847 g/mol. The molecule has 3 amide bonds. The molecule has 19 heteroatoms. The van der Waals surface area contributed by atoms with Crippen LogP contribution in [-0.2, 0) is 24.6 Å². The summed E-state index contributed by atoms with van der Waals surface area (Å²) in [6.45, 7) is 5.11. The summed E-state index contributed by atoms with van der Waals surface area (Å²) in [5.41, 5.74) is 2.21. The van der Waals surface area contributed by atoms with Crippen LogP contribution in [0.25, 0.3) is 22.2 Å². The van der Waals surface area contributed by atoms with Crippen molar-refractivity contribution in [3.63, 3.8) is 0 Å². The second kappa shape index (κ2) is 18.8. The Morgan fingerprint density at radius 1 is 0.906 bits per heavy atom. The average molecular weight is 897 g/mol. The molecule has 3 aromatic heterocycles. The summed E-state index contributed by atoms with van der Waals surface area (Å²) < 4.78 is 58.8. The van der Waals surface area contributed by atoms with Crippen LogP contribution in [-0.4, -0.2) is 114 Å². The number of aromatic amines is 1. The van der Waals surface area contributed by atoms with E-state index in [0.29, 0.717) is 60.6 Å². The summed E-state index contributed by atoms with van der Waals surface area (Å²) in [5.74, 6) is -2.81. The predicted octanol–water partition coefficient (Wildman–Crippen LogP) is 4.92. The first-order chi connectivity index (χ1) is 30.8. The zero-order chi connectivity index (χ0) is 45.1. The molecular formula is C45H50F2N10O6S. The van der Waals surface area contributed by atoms with Crippen LogP contribution < -0.4 is 25.6 Å². The van der Waals surface area contributed by atoms with Crippen LogP contribution in [0.1, 0.15) is 72.9 Å². The fourth-order valence-corrected chi connectivity index (χ4v) is 9.42. The maximum Gasteiger partial charge on any atom is 0.301 e. The average Bonchev–Trinajstić information content (AvgIpc) is 3.72. The molecule has 1 atom stereocenters. The van der Waals surface area contributed by atoms with Gasteiger partial charge in [-0.2, -0.15) is 12.7 Å². The highest BCUT2D eigenvalue weighted by molar-refractivity contribution is 7.90. The molecule has 6 heterocycles. The summed E-state index contributed by atoms with van der Waals surface area (Å²) in [7, 11) is -2.85. The maximum atomic E-state index is 15.6. The van der Waals surface area contributed by atoms with E-state index in [0.717, 1.165) is 66.7 Å². The van der Waals surface area contributed by atoms with Crippen molar-refractivity contribution in [1.82, 2.24) is 34.8 Å². The number of carbonyl (C=O) groups excluding carboxylic acids is 4. The fourth-order valence-electron chi connectivity index (χ4n) is 8.49. The maximum absolute atomic E-state index is 15.6. The second-order valence-electron chi connectivity index (χ2n) is 16.5. The van der Waals surface area contributed by atoms with Crippen molar-refractivity contribution in [3.05, 3.63) is 102 Å². The highest BCUT2D eigenvalue weighted by Gasteiger charge is 2.29. The minimum Gasteiger partial charge on any atom is -0.374 e. The summed E-state index contributed by atoms with van der Waals surface area (Å²) in [5, 5.41) is 9.15. The molecule has 64 heavy (non-hydrogen) atoms. The molecule has 3 fully saturated rings. The number of amides is 3. The smallest absolute Gasteiger partial charge is 0.301 e. The number of anilines is 3. The molecule has 0 radical (unpaired) electrons. The Bertz CT molecular complexity index is 2660. The third-order valence-corrected chi connectivity index (χ3v) is 13.9. The Labute approximate surface area is 369 Å². The fraction of sp³-hybridized carbons (Fsp3) is 0.378. The number of hydrogen-bond donors (Lipinski definition) is 5. The zero-order valence-electron chi connectivity index (χ0n) is 35.5. The van der Waals surface area contributed by atoms with Crippen LogP contribution in [0.4, 0.5) is 26.0 Å². The number of rotatable bonds is 14. The highest BCUT2D eigenvalue weighted by atomic mass is 32.2. The van der Waals surface area contributed by atoms with Crippen LogP contribution in [0.2, 0.25) is 0 Å². The van der Waals surface area contributed by atoms with Gasteiger partial charge in [0.15, 0.2) is 5.82 Å². The number of carbonyl (C=O) groups is 4. The number of nitrogens with one attached hydrogen (secondary N) is 5. The van der Waals surface area contributed by atoms with E-state index in [2.05, 4.69) is 52.6 Å². The first kappa shape index (κ1) is 44.3. The lowest BCUT2D eigenvalue weighted by atomic mass is 9.89. The van der Waals surface area contributed by atoms with E-state index in [1.54, 1.807) is 25.4 Å². The minimum absolute atomic E-state index is 0.0211. The normalized spacial score (nSPS) is 18.0. The number of aromatic nitrogens is 3. The second-order valence-corrected chi connectivity index (χ2v) is 18.3. The van der Waals surface area contributed by atoms with E-state index in [1.807, 2.05) is 24.3 Å². The number of H-pyrrole nitrogens is 1. The largest absolute Gasteiger partial charge is 0.374 e. The quantitative estimate of drug-likeness (QED) is 0.0748. The Kier molecular flexibility index (Phi) is 13.0. The number of piperidine rings is 3. The van der Waals surface area contributed by atoms with Crippen LogP contribution >= 0.6 is 0 Å². The van der Waals surface area contributed by atoms with Gasteiger partial charge in [-0.05, 0) is 99.1 Å². The zero-order valence-corrected chi connectivity index (χ0v) is 36.3. The first-order valence-electron chi connectivity index (χ1n) is 21.4. The van der Waals surface area contributed by atoms with E-state index in [9.17, 15) is 27.6 Å². The van der Waals surface area contributed by atoms with Crippen molar-refractivity contribution in [2.45, 2.75) is 63.5 Å².